The fourth-order valence-corrected chi connectivity index (χ4v) is 3.03. The lowest BCUT2D eigenvalue weighted by Crippen LogP contribution is -2.44. The van der Waals surface area contributed by atoms with Gasteiger partial charge in [0.05, 0.1) is 0 Å². The van der Waals surface area contributed by atoms with Crippen LogP contribution in [-0.2, 0) is 4.79 Å². The van der Waals surface area contributed by atoms with Crippen LogP contribution in [0.1, 0.15) is 67.1 Å². The number of carbonyl (C=O) groups is 2. The van der Waals surface area contributed by atoms with Crippen molar-refractivity contribution in [2.75, 3.05) is 6.54 Å². The Morgan fingerprint density at radius 2 is 1.78 bits per heavy atom. The number of hydrogen-bond acceptors (Lipinski definition) is 5. The molecule has 2 aliphatic carbocycles. The quantitative estimate of drug-likeness (QED) is 0.726. The smallest absolute Gasteiger partial charge is 0.273 e. The zero-order valence-electron chi connectivity index (χ0n) is 13.2. The van der Waals surface area contributed by atoms with Gasteiger partial charge in [-0.25, -0.2) is 0 Å². The van der Waals surface area contributed by atoms with Crippen molar-refractivity contribution in [2.24, 2.45) is 5.73 Å². The minimum atomic E-state index is -0.170. The molecule has 0 radical (unpaired) electrons. The molecule has 7 heteroatoms. The minimum Gasteiger partial charge on any atom is -0.360 e. The fraction of sp³-hybridized carbons (Fsp3) is 0.688. The topological polar surface area (TPSA) is 110 Å². The maximum Gasteiger partial charge on any atom is 0.273 e. The van der Waals surface area contributed by atoms with E-state index in [1.807, 2.05) is 0 Å². The number of carbonyl (C=O) groups excluding carboxylic acids is 2. The highest BCUT2D eigenvalue weighted by atomic mass is 16.5. The number of hydrogen-bond donors (Lipinski definition) is 3. The van der Waals surface area contributed by atoms with E-state index in [9.17, 15) is 9.59 Å². The van der Waals surface area contributed by atoms with Gasteiger partial charge in [0, 0.05) is 37.0 Å². The molecule has 2 fully saturated rings. The van der Waals surface area contributed by atoms with Crippen LogP contribution in [0.3, 0.4) is 0 Å². The van der Waals surface area contributed by atoms with Gasteiger partial charge in [-0.05, 0) is 38.5 Å². The summed E-state index contributed by atoms with van der Waals surface area (Å²) in [7, 11) is 0. The first-order valence-corrected chi connectivity index (χ1v) is 8.42. The highest BCUT2D eigenvalue weighted by Crippen LogP contribution is 2.40. The van der Waals surface area contributed by atoms with Crippen molar-refractivity contribution in [3.8, 4) is 0 Å². The molecule has 0 aromatic carbocycles. The lowest BCUT2D eigenvalue weighted by molar-refractivity contribution is -0.121. The molecule has 7 nitrogen and oxygen atoms in total. The van der Waals surface area contributed by atoms with Crippen molar-refractivity contribution in [2.45, 2.75) is 62.9 Å². The third kappa shape index (κ3) is 4.31. The molecule has 4 N–H and O–H groups in total. The molecule has 0 unspecified atom stereocenters. The Balaban J connectivity index is 1.42. The molecule has 2 amide bonds. The molecule has 3 rings (SSSR count). The van der Waals surface area contributed by atoms with Crippen LogP contribution in [0.2, 0.25) is 0 Å². The van der Waals surface area contributed by atoms with E-state index in [4.69, 9.17) is 10.3 Å². The standard InChI is InChI=1S/C16H24N4O3/c17-8-7-15(21)18-11-3-5-12(6-4-11)19-16(22)13-9-14(23-20-13)10-1-2-10/h9-12H,1-8,17H2,(H,18,21)(H,19,22). The Hall–Kier alpha value is -1.89. The highest BCUT2D eigenvalue weighted by molar-refractivity contribution is 5.92. The summed E-state index contributed by atoms with van der Waals surface area (Å²) in [6, 6.07) is 2.08. The Kier molecular flexibility index (Phi) is 4.95. The van der Waals surface area contributed by atoms with E-state index in [2.05, 4.69) is 15.8 Å². The van der Waals surface area contributed by atoms with Crippen LogP contribution in [0.15, 0.2) is 10.6 Å². The highest BCUT2D eigenvalue weighted by Gasteiger charge is 2.30. The van der Waals surface area contributed by atoms with Gasteiger partial charge in [0.1, 0.15) is 5.76 Å². The number of nitrogens with one attached hydrogen (secondary N) is 2. The molecule has 1 aromatic rings. The van der Waals surface area contributed by atoms with Gasteiger partial charge in [0.2, 0.25) is 5.91 Å². The zero-order valence-corrected chi connectivity index (χ0v) is 13.2. The first kappa shape index (κ1) is 16.0. The van der Waals surface area contributed by atoms with E-state index in [0.29, 0.717) is 24.6 Å². The maximum absolute atomic E-state index is 12.2. The molecular weight excluding hydrogens is 296 g/mol. The van der Waals surface area contributed by atoms with Gasteiger partial charge in [-0.15, -0.1) is 0 Å². The number of rotatable bonds is 6. The molecule has 0 aliphatic heterocycles. The lowest BCUT2D eigenvalue weighted by Gasteiger charge is -2.29. The van der Waals surface area contributed by atoms with Gasteiger partial charge in [-0.1, -0.05) is 5.16 Å². The second-order valence-corrected chi connectivity index (χ2v) is 6.52. The molecule has 0 atom stereocenters. The number of amides is 2. The van der Waals surface area contributed by atoms with Crippen LogP contribution in [0.5, 0.6) is 0 Å². The van der Waals surface area contributed by atoms with E-state index >= 15 is 0 Å². The zero-order chi connectivity index (χ0) is 16.2. The molecule has 2 saturated carbocycles. The van der Waals surface area contributed by atoms with E-state index in [1.54, 1.807) is 6.07 Å². The van der Waals surface area contributed by atoms with Crippen molar-refractivity contribution in [1.82, 2.24) is 15.8 Å². The minimum absolute atomic E-state index is 0.00943. The largest absolute Gasteiger partial charge is 0.360 e. The Morgan fingerprint density at radius 1 is 1.13 bits per heavy atom. The third-order valence-electron chi connectivity index (χ3n) is 4.54. The molecule has 1 aromatic heterocycles. The molecule has 1 heterocycles. The van der Waals surface area contributed by atoms with Crippen LogP contribution in [0.25, 0.3) is 0 Å². The van der Waals surface area contributed by atoms with E-state index in [-0.39, 0.29) is 23.9 Å². The van der Waals surface area contributed by atoms with Crippen LogP contribution < -0.4 is 16.4 Å². The predicted octanol–water partition coefficient (Wildman–Crippen LogP) is 1.06. The molecule has 23 heavy (non-hydrogen) atoms. The summed E-state index contributed by atoms with van der Waals surface area (Å²) in [6.45, 7) is 0.373. The number of aromatic nitrogens is 1. The third-order valence-corrected chi connectivity index (χ3v) is 4.54. The van der Waals surface area contributed by atoms with Crippen LogP contribution >= 0.6 is 0 Å². The summed E-state index contributed by atoms with van der Waals surface area (Å²) in [5.41, 5.74) is 5.74. The van der Waals surface area contributed by atoms with Crippen molar-refractivity contribution in [1.29, 1.82) is 0 Å². The normalized spacial score (nSPS) is 24.2. The van der Waals surface area contributed by atoms with Crippen molar-refractivity contribution in [3.63, 3.8) is 0 Å². The second kappa shape index (κ2) is 7.12. The fourth-order valence-electron chi connectivity index (χ4n) is 3.03. The monoisotopic (exact) mass is 320 g/mol. The summed E-state index contributed by atoms with van der Waals surface area (Å²) >= 11 is 0. The van der Waals surface area contributed by atoms with Crippen molar-refractivity contribution < 1.29 is 14.1 Å². The number of nitrogens with zero attached hydrogens (tertiary/aromatic N) is 1. The average molecular weight is 320 g/mol. The van der Waals surface area contributed by atoms with E-state index in [0.717, 1.165) is 44.3 Å². The van der Waals surface area contributed by atoms with Crippen molar-refractivity contribution >= 4 is 11.8 Å². The maximum atomic E-state index is 12.2. The average Bonchev–Trinajstić information content (AvgIpc) is 3.26. The van der Waals surface area contributed by atoms with Crippen LogP contribution in [0.4, 0.5) is 0 Å². The predicted molar refractivity (Wildman–Crippen MR) is 83.8 cm³/mol. The van der Waals surface area contributed by atoms with E-state index in [1.165, 1.54) is 0 Å². The summed E-state index contributed by atoms with van der Waals surface area (Å²) in [4.78, 5) is 23.7. The molecule has 0 saturated heterocycles. The SMILES string of the molecule is NCCC(=O)NC1CCC(NC(=O)c2cc(C3CC3)on2)CC1. The summed E-state index contributed by atoms with van der Waals surface area (Å²) in [5.74, 6) is 1.12. The lowest BCUT2D eigenvalue weighted by atomic mass is 9.91. The van der Waals surface area contributed by atoms with Gasteiger partial charge in [0.25, 0.3) is 5.91 Å². The van der Waals surface area contributed by atoms with Crippen molar-refractivity contribution in [3.05, 3.63) is 17.5 Å². The first-order chi connectivity index (χ1) is 11.2. The van der Waals surface area contributed by atoms with Gasteiger partial charge < -0.3 is 20.9 Å². The van der Waals surface area contributed by atoms with Gasteiger partial charge in [0.15, 0.2) is 5.69 Å². The van der Waals surface area contributed by atoms with Gasteiger partial charge in [-0.2, -0.15) is 0 Å². The summed E-state index contributed by atoms with van der Waals surface area (Å²) < 4.78 is 5.21. The van der Waals surface area contributed by atoms with Gasteiger partial charge in [-0.3, -0.25) is 9.59 Å². The number of nitrogens with two attached hydrogens (primary N) is 1. The van der Waals surface area contributed by atoms with Crippen LogP contribution in [-0.4, -0.2) is 35.6 Å². The second-order valence-electron chi connectivity index (χ2n) is 6.52. The molecule has 0 spiro atoms. The molecule has 126 valence electrons. The Bertz CT molecular complexity index is 559. The van der Waals surface area contributed by atoms with Gasteiger partial charge >= 0.3 is 0 Å². The molecule has 2 aliphatic rings. The summed E-state index contributed by atoms with van der Waals surface area (Å²) in [6.07, 6.45) is 6.05. The van der Waals surface area contributed by atoms with E-state index < -0.39 is 0 Å². The Labute approximate surface area is 135 Å². The summed E-state index contributed by atoms with van der Waals surface area (Å²) in [5, 5.41) is 9.86. The molecular formula is C16H24N4O3. The first-order valence-electron chi connectivity index (χ1n) is 8.42. The van der Waals surface area contributed by atoms with Crippen LogP contribution in [0, 0.1) is 0 Å². The molecule has 0 bridgehead atoms. The Morgan fingerprint density at radius 3 is 2.39 bits per heavy atom.